The molecule has 1 rings (SSSR count). The van der Waals surface area contributed by atoms with E-state index in [0.717, 1.165) is 18.8 Å². The van der Waals surface area contributed by atoms with E-state index in [-0.39, 0.29) is 17.4 Å². The predicted octanol–water partition coefficient (Wildman–Crippen LogP) is 16.1. The molecule has 0 saturated heterocycles. The summed E-state index contributed by atoms with van der Waals surface area (Å²) >= 11 is 0. The number of rotatable bonds is 44. The average Bonchev–Trinajstić information content (AvgIpc) is 3.20. The maximum absolute atomic E-state index is 13.2. The highest BCUT2D eigenvalue weighted by Gasteiger charge is 2.21. The Labute approximate surface area is 356 Å². The number of aryl methyl sites for hydroxylation is 1. The maximum atomic E-state index is 13.2. The minimum atomic E-state index is -3.86. The smallest absolute Gasteiger partial charge is 0.296 e. The molecule has 0 spiro atoms. The molecule has 0 bridgehead atoms. The Hall–Kier alpha value is -0.950. The van der Waals surface area contributed by atoms with Gasteiger partial charge in [0.25, 0.3) is 10.1 Å². The molecule has 0 radical (unpaired) electrons. The number of unbranched alkanes of at least 4 members (excludes halogenated alkanes) is 24. The van der Waals surface area contributed by atoms with Crippen molar-refractivity contribution in [2.45, 2.75) is 245 Å². The van der Waals surface area contributed by atoms with Gasteiger partial charge >= 0.3 is 0 Å². The van der Waals surface area contributed by atoms with Crippen molar-refractivity contribution in [3.63, 3.8) is 0 Å². The highest BCUT2D eigenvalue weighted by Crippen LogP contribution is 2.23. The van der Waals surface area contributed by atoms with Gasteiger partial charge < -0.3 is 9.47 Å². The van der Waals surface area contributed by atoms with Crippen LogP contribution in [0.3, 0.4) is 0 Å². The Morgan fingerprint density at radius 1 is 0.386 bits per heavy atom. The molecular weight excluding hydrogens is 725 g/mol. The summed E-state index contributed by atoms with van der Waals surface area (Å²) in [7, 11) is -3.86. The minimum absolute atomic E-state index is 0.0798. The largest absolute Gasteiger partial charge is 0.381 e. The number of ether oxygens (including phenoxy) is 2. The zero-order chi connectivity index (χ0) is 41.5. The summed E-state index contributed by atoms with van der Waals surface area (Å²) in [5.41, 5.74) is 1.03. The quantitative estimate of drug-likeness (QED) is 0.0485. The Kier molecular flexibility index (Phi) is 37.2. The Bertz CT molecular complexity index is 1030. The zero-order valence-corrected chi connectivity index (χ0v) is 39.5. The van der Waals surface area contributed by atoms with E-state index in [1.807, 2.05) is 19.1 Å². The molecule has 0 amide bonds. The van der Waals surface area contributed by atoms with Crippen LogP contribution in [-0.2, 0) is 23.8 Å². The second-order valence-electron chi connectivity index (χ2n) is 17.9. The first-order valence-corrected chi connectivity index (χ1v) is 26.4. The second-order valence-corrected chi connectivity index (χ2v) is 19.5. The van der Waals surface area contributed by atoms with Gasteiger partial charge in [0.05, 0.1) is 24.7 Å². The highest BCUT2D eigenvalue weighted by molar-refractivity contribution is 7.86. The van der Waals surface area contributed by atoms with Gasteiger partial charge in [0.2, 0.25) is 0 Å². The van der Waals surface area contributed by atoms with Crippen molar-refractivity contribution < 1.29 is 22.1 Å². The molecule has 6 heteroatoms. The molecule has 0 aromatic heterocycles. The molecule has 2 unspecified atom stereocenters. The maximum Gasteiger partial charge on any atom is 0.296 e. The van der Waals surface area contributed by atoms with Gasteiger partial charge in [-0.1, -0.05) is 225 Å². The molecule has 1 aromatic carbocycles. The van der Waals surface area contributed by atoms with Crippen LogP contribution in [0.1, 0.15) is 239 Å². The van der Waals surface area contributed by atoms with Crippen molar-refractivity contribution >= 4 is 10.1 Å². The topological polar surface area (TPSA) is 61.8 Å². The first kappa shape index (κ1) is 54.1. The summed E-state index contributed by atoms with van der Waals surface area (Å²) in [6.45, 7) is 13.6. The Morgan fingerprint density at radius 2 is 0.667 bits per heavy atom. The summed E-state index contributed by atoms with van der Waals surface area (Å²) in [5, 5.41) is 0. The molecule has 0 fully saturated rings. The lowest BCUT2D eigenvalue weighted by atomic mass is 9.94. The van der Waals surface area contributed by atoms with Gasteiger partial charge in [-0.25, -0.2) is 0 Å². The van der Waals surface area contributed by atoms with Crippen molar-refractivity contribution in [1.29, 1.82) is 0 Å². The predicted molar refractivity (Wildman–Crippen MR) is 247 cm³/mol. The SMILES string of the molecule is CCCCCCCCCCC(CCCCCCCC)COCC(COCC(CCCCCCCC)CCCCCCCCCC)COS(=O)(=O)c1ccc(C)cc1. The van der Waals surface area contributed by atoms with Gasteiger partial charge in [0.15, 0.2) is 0 Å². The highest BCUT2D eigenvalue weighted by atomic mass is 32.2. The van der Waals surface area contributed by atoms with Gasteiger partial charge in [-0.3, -0.25) is 4.18 Å². The van der Waals surface area contributed by atoms with Gasteiger partial charge in [-0.2, -0.15) is 8.42 Å². The van der Waals surface area contributed by atoms with Crippen LogP contribution < -0.4 is 0 Å². The Morgan fingerprint density at radius 3 is 0.982 bits per heavy atom. The van der Waals surface area contributed by atoms with Crippen molar-refractivity contribution in [2.75, 3.05) is 33.0 Å². The van der Waals surface area contributed by atoms with Gasteiger partial charge in [0, 0.05) is 19.1 Å². The lowest BCUT2D eigenvalue weighted by Crippen LogP contribution is -2.26. The molecule has 0 aliphatic heterocycles. The third-order valence-corrected chi connectivity index (χ3v) is 13.3. The van der Waals surface area contributed by atoms with Crippen LogP contribution in [0.15, 0.2) is 29.2 Å². The monoisotopic (exact) mass is 821 g/mol. The molecule has 0 saturated carbocycles. The fraction of sp³-hybridized carbons (Fsp3) is 0.882. The molecule has 1 aromatic rings. The summed E-state index contributed by atoms with van der Waals surface area (Å²) in [6, 6.07) is 6.94. The van der Waals surface area contributed by atoms with Gasteiger partial charge in [-0.05, 0) is 56.6 Å². The summed E-state index contributed by atoms with van der Waals surface area (Å²) in [5.74, 6) is 0.979. The molecule has 0 N–H and O–H groups in total. The van der Waals surface area contributed by atoms with Crippen molar-refractivity contribution in [3.05, 3.63) is 29.8 Å². The fourth-order valence-corrected chi connectivity index (χ4v) is 9.07. The van der Waals surface area contributed by atoms with Crippen molar-refractivity contribution in [3.8, 4) is 0 Å². The number of benzene rings is 1. The third kappa shape index (κ3) is 32.5. The van der Waals surface area contributed by atoms with Gasteiger partial charge in [-0.15, -0.1) is 0 Å². The molecule has 2 atom stereocenters. The van der Waals surface area contributed by atoms with Crippen molar-refractivity contribution in [1.82, 2.24) is 0 Å². The van der Waals surface area contributed by atoms with Gasteiger partial charge in [0.1, 0.15) is 0 Å². The molecule has 5 nitrogen and oxygen atoms in total. The zero-order valence-electron chi connectivity index (χ0n) is 38.7. The molecule has 0 aliphatic rings. The Balaban J connectivity index is 2.84. The normalized spacial score (nSPS) is 13.6. The molecule has 57 heavy (non-hydrogen) atoms. The van der Waals surface area contributed by atoms with E-state index in [1.165, 1.54) is 205 Å². The van der Waals surface area contributed by atoms with Crippen LogP contribution in [-0.4, -0.2) is 41.5 Å². The summed E-state index contributed by atoms with van der Waals surface area (Å²) < 4.78 is 45.2. The lowest BCUT2D eigenvalue weighted by Gasteiger charge is -2.23. The van der Waals surface area contributed by atoms with E-state index in [2.05, 4.69) is 27.7 Å². The molecule has 336 valence electrons. The van der Waals surface area contributed by atoms with E-state index in [1.54, 1.807) is 12.1 Å². The summed E-state index contributed by atoms with van der Waals surface area (Å²) in [4.78, 5) is 0.211. The molecule has 0 aliphatic carbocycles. The van der Waals surface area contributed by atoms with Crippen LogP contribution in [0.25, 0.3) is 0 Å². The molecule has 0 heterocycles. The third-order valence-electron chi connectivity index (χ3n) is 12.0. The second kappa shape index (κ2) is 39.2. The van der Waals surface area contributed by atoms with E-state index >= 15 is 0 Å². The van der Waals surface area contributed by atoms with Crippen LogP contribution in [0, 0.1) is 24.7 Å². The minimum Gasteiger partial charge on any atom is -0.381 e. The van der Waals surface area contributed by atoms with Crippen LogP contribution in [0.5, 0.6) is 0 Å². The summed E-state index contributed by atoms with van der Waals surface area (Å²) in [6.07, 6.45) is 42.2. The fourth-order valence-electron chi connectivity index (χ4n) is 8.09. The van der Waals surface area contributed by atoms with E-state index in [9.17, 15) is 8.42 Å². The standard InChI is InChI=1S/C51H96O5S/c1-6-10-14-18-22-24-28-32-36-48(34-30-26-20-16-12-8-3)42-54-44-50(46-56-57(52,53)51-40-38-47(5)39-41-51)45-55-43-49(35-31-27-21-17-13-9-4)37-33-29-25-23-19-15-11-7-2/h38-41,48-50H,6-37,42-46H2,1-5H3. The van der Waals surface area contributed by atoms with E-state index in [4.69, 9.17) is 13.7 Å². The van der Waals surface area contributed by atoms with E-state index in [0.29, 0.717) is 25.0 Å². The average molecular weight is 821 g/mol. The van der Waals surface area contributed by atoms with Crippen LogP contribution in [0.4, 0.5) is 0 Å². The van der Waals surface area contributed by atoms with Crippen LogP contribution >= 0.6 is 0 Å². The van der Waals surface area contributed by atoms with Crippen LogP contribution in [0.2, 0.25) is 0 Å². The number of hydrogen-bond donors (Lipinski definition) is 0. The first-order chi connectivity index (χ1) is 27.9. The van der Waals surface area contributed by atoms with E-state index < -0.39 is 10.1 Å². The van der Waals surface area contributed by atoms with Crippen molar-refractivity contribution in [2.24, 2.45) is 17.8 Å². The molecular formula is C51H96O5S. The number of hydrogen-bond acceptors (Lipinski definition) is 5. The lowest BCUT2D eigenvalue weighted by molar-refractivity contribution is -0.000943. The first-order valence-electron chi connectivity index (χ1n) is 25.0.